The van der Waals surface area contributed by atoms with E-state index in [0.29, 0.717) is 22.5 Å². The third-order valence-electron chi connectivity index (χ3n) is 3.91. The highest BCUT2D eigenvalue weighted by Crippen LogP contribution is 2.31. The van der Waals surface area contributed by atoms with Gasteiger partial charge in [-0.1, -0.05) is 6.07 Å². The molecule has 0 radical (unpaired) electrons. The van der Waals surface area contributed by atoms with Crippen LogP contribution in [-0.4, -0.2) is 18.0 Å². The Bertz CT molecular complexity index is 984. The number of carbonyl (C=O) groups is 1. The minimum absolute atomic E-state index is 0.0686. The summed E-state index contributed by atoms with van der Waals surface area (Å²) in [6, 6.07) is 11.4. The van der Waals surface area contributed by atoms with E-state index in [1.165, 1.54) is 12.1 Å². The number of hydrogen-bond acceptors (Lipinski definition) is 3. The fourth-order valence-corrected chi connectivity index (χ4v) is 2.57. The molecule has 0 bridgehead atoms. The number of alkyl halides is 3. The first kappa shape index (κ1) is 17.7. The van der Waals surface area contributed by atoms with E-state index in [0.717, 1.165) is 17.5 Å². The van der Waals surface area contributed by atoms with Crippen LogP contribution in [0.3, 0.4) is 0 Å². The molecule has 0 aliphatic heterocycles. The smallest absolute Gasteiger partial charge is 0.416 e. The second-order valence-electron chi connectivity index (χ2n) is 5.71. The number of fused-ring (bicyclic) bond motifs is 1. The van der Waals surface area contributed by atoms with Crippen LogP contribution in [0.25, 0.3) is 10.9 Å². The normalized spacial score (nSPS) is 11.4. The number of nitrogens with one attached hydrogen (secondary N) is 1. The van der Waals surface area contributed by atoms with Crippen molar-refractivity contribution in [2.75, 3.05) is 12.4 Å². The molecule has 0 fully saturated rings. The van der Waals surface area contributed by atoms with Crippen LogP contribution in [0.1, 0.15) is 21.6 Å². The van der Waals surface area contributed by atoms with Gasteiger partial charge < -0.3 is 10.1 Å². The molecule has 3 rings (SSSR count). The number of aromatic nitrogens is 1. The summed E-state index contributed by atoms with van der Waals surface area (Å²) in [5.41, 5.74) is 0.669. The number of carbonyl (C=O) groups excluding carboxylic acids is 1. The van der Waals surface area contributed by atoms with E-state index in [1.54, 1.807) is 38.3 Å². The highest BCUT2D eigenvalue weighted by atomic mass is 19.4. The molecule has 0 spiro atoms. The first-order valence-electron chi connectivity index (χ1n) is 7.72. The van der Waals surface area contributed by atoms with Gasteiger partial charge in [0.2, 0.25) is 0 Å². The summed E-state index contributed by atoms with van der Waals surface area (Å²) >= 11 is 0. The molecule has 1 N–H and O–H groups in total. The van der Waals surface area contributed by atoms with Gasteiger partial charge in [0.1, 0.15) is 5.75 Å². The molecule has 2 aromatic carbocycles. The molecule has 1 aromatic heterocycles. The molecular formula is C19H15F3N2O2. The lowest BCUT2D eigenvalue weighted by atomic mass is 10.1. The maximum absolute atomic E-state index is 12.8. The largest absolute Gasteiger partial charge is 0.497 e. The van der Waals surface area contributed by atoms with E-state index >= 15 is 0 Å². The Balaban J connectivity index is 1.92. The lowest BCUT2D eigenvalue weighted by Crippen LogP contribution is -2.15. The number of pyridine rings is 1. The molecule has 0 saturated carbocycles. The van der Waals surface area contributed by atoms with Gasteiger partial charge in [0.05, 0.1) is 29.4 Å². The van der Waals surface area contributed by atoms with Crippen molar-refractivity contribution in [3.05, 3.63) is 65.4 Å². The predicted molar refractivity (Wildman–Crippen MR) is 92.4 cm³/mol. The van der Waals surface area contributed by atoms with E-state index in [1.807, 2.05) is 0 Å². The van der Waals surface area contributed by atoms with Crippen molar-refractivity contribution in [1.29, 1.82) is 0 Å². The molecule has 7 heteroatoms. The zero-order valence-corrected chi connectivity index (χ0v) is 14.0. The summed E-state index contributed by atoms with van der Waals surface area (Å²) in [5.74, 6) is 0.123. The average molecular weight is 360 g/mol. The first-order chi connectivity index (χ1) is 12.3. The van der Waals surface area contributed by atoms with Gasteiger partial charge in [0.15, 0.2) is 0 Å². The number of rotatable bonds is 3. The second kappa shape index (κ2) is 6.67. The lowest BCUT2D eigenvalue weighted by Gasteiger charge is -2.11. The van der Waals surface area contributed by atoms with Crippen LogP contribution in [0.5, 0.6) is 5.75 Å². The van der Waals surface area contributed by atoms with E-state index in [9.17, 15) is 18.0 Å². The van der Waals surface area contributed by atoms with E-state index in [-0.39, 0.29) is 5.69 Å². The molecule has 26 heavy (non-hydrogen) atoms. The fourth-order valence-electron chi connectivity index (χ4n) is 2.57. The molecule has 134 valence electrons. The Morgan fingerprint density at radius 2 is 1.88 bits per heavy atom. The second-order valence-corrected chi connectivity index (χ2v) is 5.71. The van der Waals surface area contributed by atoms with Crippen LogP contribution in [0.15, 0.2) is 48.5 Å². The number of methoxy groups -OCH3 is 1. The van der Waals surface area contributed by atoms with E-state index in [2.05, 4.69) is 10.3 Å². The van der Waals surface area contributed by atoms with Crippen LogP contribution < -0.4 is 10.1 Å². The van der Waals surface area contributed by atoms with Gasteiger partial charge in [0, 0.05) is 17.1 Å². The van der Waals surface area contributed by atoms with Crippen LogP contribution in [0, 0.1) is 6.92 Å². The van der Waals surface area contributed by atoms with Crippen molar-refractivity contribution in [2.24, 2.45) is 0 Å². The summed E-state index contributed by atoms with van der Waals surface area (Å²) in [5, 5.41) is 3.22. The number of aryl methyl sites for hydroxylation is 1. The molecule has 1 amide bonds. The van der Waals surface area contributed by atoms with Gasteiger partial charge in [-0.2, -0.15) is 13.2 Å². The summed E-state index contributed by atoms with van der Waals surface area (Å²) < 4.78 is 43.5. The molecular weight excluding hydrogens is 345 g/mol. The Morgan fingerprint density at radius 1 is 1.12 bits per heavy atom. The number of halogens is 3. The van der Waals surface area contributed by atoms with Gasteiger partial charge in [0.25, 0.3) is 5.91 Å². The fraction of sp³-hybridized carbons (Fsp3) is 0.158. The summed E-state index contributed by atoms with van der Waals surface area (Å²) in [6.45, 7) is 1.67. The zero-order valence-electron chi connectivity index (χ0n) is 14.0. The van der Waals surface area contributed by atoms with Crippen molar-refractivity contribution in [3.63, 3.8) is 0 Å². The Labute approximate surface area is 147 Å². The SMILES string of the molecule is COc1ccc2cc(C(=O)Nc3cccc(C(F)(F)F)c3)c(C)nc2c1. The number of amides is 1. The van der Waals surface area contributed by atoms with Gasteiger partial charge in [-0.25, -0.2) is 0 Å². The molecule has 0 aliphatic rings. The zero-order chi connectivity index (χ0) is 18.9. The molecule has 0 atom stereocenters. The molecule has 0 saturated heterocycles. The minimum atomic E-state index is -4.47. The standard InChI is InChI=1S/C19H15F3N2O2/c1-11-16(8-12-6-7-15(26-2)10-17(12)23-11)18(25)24-14-5-3-4-13(9-14)19(20,21)22/h3-10H,1-2H3,(H,24,25). The van der Waals surface area contributed by atoms with Crippen LogP contribution >= 0.6 is 0 Å². The highest BCUT2D eigenvalue weighted by molar-refractivity contribution is 6.06. The van der Waals surface area contributed by atoms with E-state index < -0.39 is 17.6 Å². The summed E-state index contributed by atoms with van der Waals surface area (Å²) in [6.07, 6.45) is -4.47. The first-order valence-corrected chi connectivity index (χ1v) is 7.72. The Kier molecular flexibility index (Phi) is 4.54. The number of anilines is 1. The van der Waals surface area contributed by atoms with Crippen LogP contribution in [-0.2, 0) is 6.18 Å². The highest BCUT2D eigenvalue weighted by Gasteiger charge is 2.30. The molecule has 4 nitrogen and oxygen atoms in total. The van der Waals surface area contributed by atoms with Crippen molar-refractivity contribution in [1.82, 2.24) is 4.98 Å². The number of hydrogen-bond donors (Lipinski definition) is 1. The van der Waals surface area contributed by atoms with Gasteiger partial charge >= 0.3 is 6.18 Å². The Morgan fingerprint density at radius 3 is 2.58 bits per heavy atom. The lowest BCUT2D eigenvalue weighted by molar-refractivity contribution is -0.137. The topological polar surface area (TPSA) is 51.2 Å². The van der Waals surface area contributed by atoms with Gasteiger partial charge in [-0.3, -0.25) is 9.78 Å². The summed E-state index contributed by atoms with van der Waals surface area (Å²) in [4.78, 5) is 16.9. The quantitative estimate of drug-likeness (QED) is 0.728. The number of nitrogens with zero attached hydrogens (tertiary/aromatic N) is 1. The molecule has 0 unspecified atom stereocenters. The maximum atomic E-state index is 12.8. The van der Waals surface area contributed by atoms with Crippen molar-refractivity contribution in [3.8, 4) is 5.75 Å². The van der Waals surface area contributed by atoms with Crippen LogP contribution in [0.2, 0.25) is 0 Å². The van der Waals surface area contributed by atoms with Gasteiger partial charge in [-0.15, -0.1) is 0 Å². The predicted octanol–water partition coefficient (Wildman–Crippen LogP) is 4.82. The van der Waals surface area contributed by atoms with Crippen molar-refractivity contribution in [2.45, 2.75) is 13.1 Å². The monoisotopic (exact) mass is 360 g/mol. The van der Waals surface area contributed by atoms with Crippen LogP contribution in [0.4, 0.5) is 18.9 Å². The minimum Gasteiger partial charge on any atom is -0.497 e. The number of benzene rings is 2. The average Bonchev–Trinajstić information content (AvgIpc) is 2.60. The molecule has 1 heterocycles. The summed E-state index contributed by atoms with van der Waals surface area (Å²) in [7, 11) is 1.55. The molecule has 3 aromatic rings. The Hall–Kier alpha value is -3.09. The third-order valence-corrected chi connectivity index (χ3v) is 3.91. The van der Waals surface area contributed by atoms with E-state index in [4.69, 9.17) is 4.74 Å². The number of ether oxygens (including phenoxy) is 1. The maximum Gasteiger partial charge on any atom is 0.416 e. The van der Waals surface area contributed by atoms with Crippen molar-refractivity contribution >= 4 is 22.5 Å². The third kappa shape index (κ3) is 3.61. The van der Waals surface area contributed by atoms with Crippen molar-refractivity contribution < 1.29 is 22.7 Å². The van der Waals surface area contributed by atoms with Gasteiger partial charge in [-0.05, 0) is 43.3 Å². The molecule has 0 aliphatic carbocycles.